The predicted molar refractivity (Wildman–Crippen MR) is 99.6 cm³/mol. The van der Waals surface area contributed by atoms with Crippen LogP contribution in [0.15, 0.2) is 30.3 Å². The Kier molecular flexibility index (Phi) is 5.25. The lowest BCUT2D eigenvalue weighted by Crippen LogP contribution is -2.47. The van der Waals surface area contributed by atoms with E-state index in [0.29, 0.717) is 24.3 Å². The maximum atomic E-state index is 13.0. The Bertz CT molecular complexity index is 774. The summed E-state index contributed by atoms with van der Waals surface area (Å²) in [5.74, 6) is 1.26. The van der Waals surface area contributed by atoms with E-state index in [9.17, 15) is 4.79 Å². The van der Waals surface area contributed by atoms with Crippen LogP contribution in [0.2, 0.25) is 0 Å². The molecule has 2 unspecified atom stereocenters. The number of anilines is 2. The van der Waals surface area contributed by atoms with Crippen molar-refractivity contribution in [1.29, 1.82) is 0 Å². The number of rotatable bonds is 5. The van der Waals surface area contributed by atoms with E-state index in [2.05, 4.69) is 29.1 Å². The molecule has 0 spiro atoms. The van der Waals surface area contributed by atoms with Gasteiger partial charge in [0.05, 0.1) is 20.3 Å². The minimum absolute atomic E-state index is 0.0605. The summed E-state index contributed by atoms with van der Waals surface area (Å²) in [5.41, 5.74) is 1.83. The molecule has 1 amide bonds. The fraction of sp³-hybridized carbons (Fsp3) is 0.421. The van der Waals surface area contributed by atoms with Crippen molar-refractivity contribution in [1.82, 2.24) is 9.97 Å². The molecule has 1 aliphatic rings. The van der Waals surface area contributed by atoms with Crippen LogP contribution in [0.25, 0.3) is 0 Å². The van der Waals surface area contributed by atoms with Crippen molar-refractivity contribution in [2.24, 2.45) is 5.92 Å². The summed E-state index contributed by atoms with van der Waals surface area (Å²) in [6.45, 7) is 4.64. The lowest BCUT2D eigenvalue weighted by Gasteiger charge is -2.32. The standard InChI is InChI=1S/C19H24N4O3/c1-5-12(2)17-18(24)20-14-9-7-6-8-13(14)11-23(17)19-21-15(25-3)10-16(22-19)26-4/h6-10,12,17H,5,11H2,1-4H3,(H,20,24). The van der Waals surface area contributed by atoms with Crippen molar-refractivity contribution in [2.45, 2.75) is 32.9 Å². The first-order valence-corrected chi connectivity index (χ1v) is 8.69. The molecule has 1 aliphatic heterocycles. The first kappa shape index (κ1) is 18.0. The van der Waals surface area contributed by atoms with E-state index in [1.165, 1.54) is 0 Å². The summed E-state index contributed by atoms with van der Waals surface area (Å²) in [6.07, 6.45) is 0.853. The van der Waals surface area contributed by atoms with Crippen molar-refractivity contribution < 1.29 is 14.3 Å². The van der Waals surface area contributed by atoms with Gasteiger partial charge in [0, 0.05) is 12.2 Å². The van der Waals surface area contributed by atoms with Gasteiger partial charge < -0.3 is 19.7 Å². The van der Waals surface area contributed by atoms with Gasteiger partial charge in [0.1, 0.15) is 6.04 Å². The van der Waals surface area contributed by atoms with Crippen LogP contribution in [0.5, 0.6) is 11.8 Å². The minimum atomic E-state index is -0.399. The van der Waals surface area contributed by atoms with Crippen LogP contribution in [-0.4, -0.2) is 36.1 Å². The van der Waals surface area contributed by atoms with Gasteiger partial charge in [0.25, 0.3) is 0 Å². The summed E-state index contributed by atoms with van der Waals surface area (Å²) in [4.78, 5) is 23.9. The van der Waals surface area contributed by atoms with E-state index in [1.54, 1.807) is 20.3 Å². The summed E-state index contributed by atoms with van der Waals surface area (Å²) in [5, 5.41) is 3.05. The van der Waals surface area contributed by atoms with E-state index < -0.39 is 6.04 Å². The third-order valence-corrected chi connectivity index (χ3v) is 4.75. The predicted octanol–water partition coefficient (Wildman–Crippen LogP) is 2.87. The smallest absolute Gasteiger partial charge is 0.247 e. The average molecular weight is 356 g/mol. The summed E-state index contributed by atoms with van der Waals surface area (Å²) < 4.78 is 10.6. The normalized spacial score (nSPS) is 17.8. The molecule has 7 heteroatoms. The number of hydrogen-bond donors (Lipinski definition) is 1. The Balaban J connectivity index is 2.12. The first-order chi connectivity index (χ1) is 12.6. The van der Waals surface area contributed by atoms with Crippen LogP contribution >= 0.6 is 0 Å². The van der Waals surface area contributed by atoms with Gasteiger partial charge in [-0.15, -0.1) is 0 Å². The van der Waals surface area contributed by atoms with Gasteiger partial charge in [0.15, 0.2) is 0 Å². The van der Waals surface area contributed by atoms with Crippen molar-refractivity contribution >= 4 is 17.5 Å². The number of methoxy groups -OCH3 is 2. The fourth-order valence-electron chi connectivity index (χ4n) is 3.12. The SMILES string of the molecule is CCC(C)C1C(=O)Nc2ccccc2CN1c1nc(OC)cc(OC)n1. The molecule has 2 aromatic rings. The molecule has 0 saturated carbocycles. The Morgan fingerprint density at radius 2 is 1.88 bits per heavy atom. The Hall–Kier alpha value is -2.83. The number of aromatic nitrogens is 2. The Morgan fingerprint density at radius 3 is 2.50 bits per heavy atom. The van der Waals surface area contributed by atoms with Crippen molar-refractivity contribution in [3.05, 3.63) is 35.9 Å². The van der Waals surface area contributed by atoms with Gasteiger partial charge in [0.2, 0.25) is 23.6 Å². The van der Waals surface area contributed by atoms with Gasteiger partial charge in [-0.25, -0.2) is 0 Å². The number of amides is 1. The lowest BCUT2D eigenvalue weighted by molar-refractivity contribution is -0.118. The van der Waals surface area contributed by atoms with Crippen molar-refractivity contribution in [2.75, 3.05) is 24.4 Å². The van der Waals surface area contributed by atoms with Crippen molar-refractivity contribution in [3.63, 3.8) is 0 Å². The van der Waals surface area contributed by atoms with E-state index in [4.69, 9.17) is 9.47 Å². The number of hydrogen-bond acceptors (Lipinski definition) is 6. The van der Waals surface area contributed by atoms with Gasteiger partial charge >= 0.3 is 0 Å². The fourth-order valence-corrected chi connectivity index (χ4v) is 3.12. The van der Waals surface area contributed by atoms with E-state index in [0.717, 1.165) is 17.7 Å². The Labute approximate surface area is 153 Å². The zero-order chi connectivity index (χ0) is 18.7. The molecule has 1 aromatic carbocycles. The maximum absolute atomic E-state index is 13.0. The van der Waals surface area contributed by atoms with Crippen LogP contribution in [0.1, 0.15) is 25.8 Å². The maximum Gasteiger partial charge on any atom is 0.247 e. The molecule has 1 N–H and O–H groups in total. The highest BCUT2D eigenvalue weighted by molar-refractivity contribution is 5.98. The summed E-state index contributed by atoms with van der Waals surface area (Å²) >= 11 is 0. The molecule has 2 atom stereocenters. The van der Waals surface area contributed by atoms with E-state index >= 15 is 0 Å². The molecule has 0 aliphatic carbocycles. The topological polar surface area (TPSA) is 76.6 Å². The monoisotopic (exact) mass is 356 g/mol. The number of para-hydroxylation sites is 1. The largest absolute Gasteiger partial charge is 0.481 e. The number of benzene rings is 1. The third kappa shape index (κ3) is 3.42. The molecule has 26 heavy (non-hydrogen) atoms. The highest BCUT2D eigenvalue weighted by atomic mass is 16.5. The molecule has 0 saturated heterocycles. The minimum Gasteiger partial charge on any atom is -0.481 e. The van der Waals surface area contributed by atoms with Crippen LogP contribution in [-0.2, 0) is 11.3 Å². The average Bonchev–Trinajstić information content (AvgIpc) is 2.82. The van der Waals surface area contributed by atoms with Crippen LogP contribution in [0, 0.1) is 5.92 Å². The number of carbonyl (C=O) groups is 1. The number of nitrogens with one attached hydrogen (secondary N) is 1. The molecule has 2 heterocycles. The van der Waals surface area contributed by atoms with E-state index in [-0.39, 0.29) is 11.8 Å². The highest BCUT2D eigenvalue weighted by Gasteiger charge is 2.35. The molecule has 3 rings (SSSR count). The molecule has 1 aromatic heterocycles. The lowest BCUT2D eigenvalue weighted by atomic mass is 9.97. The quantitative estimate of drug-likeness (QED) is 0.888. The van der Waals surface area contributed by atoms with Gasteiger partial charge in [-0.2, -0.15) is 9.97 Å². The molecule has 138 valence electrons. The highest BCUT2D eigenvalue weighted by Crippen LogP contribution is 2.31. The van der Waals surface area contributed by atoms with Gasteiger partial charge in [-0.3, -0.25) is 4.79 Å². The summed E-state index contributed by atoms with van der Waals surface area (Å²) in [7, 11) is 3.09. The second-order valence-corrected chi connectivity index (χ2v) is 6.36. The van der Waals surface area contributed by atoms with Crippen LogP contribution in [0.3, 0.4) is 0 Å². The number of ether oxygens (including phenoxy) is 2. The van der Waals surface area contributed by atoms with Crippen molar-refractivity contribution in [3.8, 4) is 11.8 Å². The van der Waals surface area contributed by atoms with Gasteiger partial charge in [-0.1, -0.05) is 38.5 Å². The zero-order valence-electron chi connectivity index (χ0n) is 15.5. The molecular weight excluding hydrogens is 332 g/mol. The molecule has 7 nitrogen and oxygen atoms in total. The molecule has 0 fully saturated rings. The number of fused-ring (bicyclic) bond motifs is 1. The molecule has 0 bridgehead atoms. The van der Waals surface area contributed by atoms with Crippen LogP contribution in [0.4, 0.5) is 11.6 Å². The zero-order valence-corrected chi connectivity index (χ0v) is 15.5. The van der Waals surface area contributed by atoms with Gasteiger partial charge in [-0.05, 0) is 17.5 Å². The number of carbonyl (C=O) groups excluding carboxylic acids is 1. The molecule has 0 radical (unpaired) electrons. The Morgan fingerprint density at radius 1 is 1.23 bits per heavy atom. The second kappa shape index (κ2) is 7.59. The second-order valence-electron chi connectivity index (χ2n) is 6.36. The number of nitrogens with zero attached hydrogens (tertiary/aromatic N) is 3. The summed E-state index contributed by atoms with van der Waals surface area (Å²) in [6, 6.07) is 9.01. The third-order valence-electron chi connectivity index (χ3n) is 4.75. The first-order valence-electron chi connectivity index (χ1n) is 8.69. The van der Waals surface area contributed by atoms with Crippen LogP contribution < -0.4 is 19.7 Å². The van der Waals surface area contributed by atoms with E-state index in [1.807, 2.05) is 29.2 Å². The molecular formula is C19H24N4O3.